The number of ether oxygens (including phenoxy) is 2. The van der Waals surface area contributed by atoms with Crippen LogP contribution in [0.5, 0.6) is 17.2 Å². The van der Waals surface area contributed by atoms with Gasteiger partial charge in [0.2, 0.25) is 5.75 Å². The van der Waals surface area contributed by atoms with Crippen molar-refractivity contribution in [3.8, 4) is 17.2 Å². The Morgan fingerprint density at radius 1 is 0.815 bits per heavy atom. The van der Waals surface area contributed by atoms with Crippen LogP contribution in [0.1, 0.15) is 71.6 Å². The van der Waals surface area contributed by atoms with Crippen LogP contribution in [0.3, 0.4) is 0 Å². The van der Waals surface area contributed by atoms with Crippen LogP contribution < -0.4 is 14.0 Å². The first-order chi connectivity index (χ1) is 13.1. The third-order valence-corrected chi connectivity index (χ3v) is 6.34. The zero-order valence-corrected chi connectivity index (χ0v) is 18.4. The molecule has 0 heterocycles. The van der Waals surface area contributed by atoms with Gasteiger partial charge in [-0.3, -0.25) is 4.52 Å². The molecule has 156 valence electrons. The van der Waals surface area contributed by atoms with E-state index in [1.165, 1.54) is 32.1 Å². The number of hydrogen-bond donors (Lipinski definition) is 0. The van der Waals surface area contributed by atoms with E-state index in [0.29, 0.717) is 30.0 Å². The van der Waals surface area contributed by atoms with E-state index in [1.807, 2.05) is 0 Å². The maximum absolute atomic E-state index is 13.3. The highest BCUT2D eigenvalue weighted by Gasteiger charge is 2.28. The van der Waals surface area contributed by atoms with E-state index < -0.39 is 7.60 Å². The van der Waals surface area contributed by atoms with E-state index in [9.17, 15) is 4.57 Å². The lowest BCUT2D eigenvalue weighted by Crippen LogP contribution is -2.06. The molecule has 0 saturated carbocycles. The summed E-state index contributed by atoms with van der Waals surface area (Å²) in [5, 5.41) is 0. The van der Waals surface area contributed by atoms with Crippen molar-refractivity contribution in [2.45, 2.75) is 71.6 Å². The summed E-state index contributed by atoms with van der Waals surface area (Å²) in [5.74, 6) is 1.33. The summed E-state index contributed by atoms with van der Waals surface area (Å²) in [4.78, 5) is 0. The van der Waals surface area contributed by atoms with E-state index in [0.717, 1.165) is 25.7 Å². The van der Waals surface area contributed by atoms with E-state index in [-0.39, 0.29) is 0 Å². The molecular weight excluding hydrogens is 363 g/mol. The fraction of sp³-hybridized carbons (Fsp3) is 0.714. The summed E-state index contributed by atoms with van der Waals surface area (Å²) in [7, 11) is -0.157. The lowest BCUT2D eigenvalue weighted by molar-refractivity contribution is 0.250. The van der Waals surface area contributed by atoms with Gasteiger partial charge in [-0.1, -0.05) is 64.9 Å². The van der Waals surface area contributed by atoms with Crippen molar-refractivity contribution in [3.05, 3.63) is 18.2 Å². The Morgan fingerprint density at radius 3 is 1.93 bits per heavy atom. The highest BCUT2D eigenvalue weighted by Crippen LogP contribution is 2.53. The highest BCUT2D eigenvalue weighted by atomic mass is 31.2. The molecule has 0 amide bonds. The first-order valence-electron chi connectivity index (χ1n) is 10.2. The number of unbranched alkanes of at least 4 members (excludes halogenated alkanes) is 7. The summed E-state index contributed by atoms with van der Waals surface area (Å²) >= 11 is 0. The first kappa shape index (κ1) is 23.8. The van der Waals surface area contributed by atoms with Gasteiger partial charge in [-0.05, 0) is 25.0 Å². The number of methoxy groups -OCH3 is 2. The molecule has 0 aliphatic heterocycles. The van der Waals surface area contributed by atoms with E-state index in [2.05, 4.69) is 13.8 Å². The molecule has 1 unspecified atom stereocenters. The van der Waals surface area contributed by atoms with Crippen molar-refractivity contribution in [1.29, 1.82) is 0 Å². The zero-order valence-electron chi connectivity index (χ0n) is 17.5. The average molecular weight is 400 g/mol. The van der Waals surface area contributed by atoms with Crippen LogP contribution in [0.25, 0.3) is 0 Å². The molecule has 0 aliphatic rings. The molecule has 0 aliphatic carbocycles. The van der Waals surface area contributed by atoms with Crippen molar-refractivity contribution < 1.29 is 23.1 Å². The number of benzene rings is 1. The molecule has 0 radical (unpaired) electrons. The van der Waals surface area contributed by atoms with Crippen LogP contribution in [-0.2, 0) is 9.09 Å². The molecule has 0 fully saturated rings. The SMILES string of the molecule is CCCCCCCCCOP(=O)(CCCC)Oc1c(OC)cccc1OC. The maximum Gasteiger partial charge on any atom is 0.379 e. The molecular formula is C21H37O5P. The second-order valence-electron chi connectivity index (χ2n) is 6.73. The second kappa shape index (κ2) is 13.9. The summed E-state index contributed by atoms with van der Waals surface area (Å²) in [6.45, 7) is 4.73. The van der Waals surface area contributed by atoms with Crippen LogP contribution in [0.15, 0.2) is 18.2 Å². The Balaban J connectivity index is 2.65. The van der Waals surface area contributed by atoms with Crippen LogP contribution in [0, 0.1) is 0 Å². The number of hydrogen-bond acceptors (Lipinski definition) is 5. The zero-order chi connectivity index (χ0) is 20.0. The maximum atomic E-state index is 13.3. The first-order valence-corrected chi connectivity index (χ1v) is 12.0. The quantitative estimate of drug-likeness (QED) is 0.224. The molecule has 5 nitrogen and oxygen atoms in total. The van der Waals surface area contributed by atoms with Crippen LogP contribution in [0.2, 0.25) is 0 Å². The molecule has 6 heteroatoms. The van der Waals surface area contributed by atoms with E-state index in [4.69, 9.17) is 18.5 Å². The van der Waals surface area contributed by atoms with Crippen molar-refractivity contribution in [2.75, 3.05) is 27.0 Å². The largest absolute Gasteiger partial charge is 0.493 e. The molecule has 27 heavy (non-hydrogen) atoms. The Kier molecular flexibility index (Phi) is 12.3. The van der Waals surface area contributed by atoms with Crippen molar-refractivity contribution >= 4 is 7.60 Å². The third kappa shape index (κ3) is 9.03. The van der Waals surface area contributed by atoms with Gasteiger partial charge >= 0.3 is 7.60 Å². The second-order valence-corrected chi connectivity index (χ2v) is 8.84. The summed E-state index contributed by atoms with van der Waals surface area (Å²) in [6.07, 6.45) is 10.4. The minimum absolute atomic E-state index is 0.349. The lowest BCUT2D eigenvalue weighted by atomic mass is 10.1. The monoisotopic (exact) mass is 400 g/mol. The number of rotatable bonds is 16. The van der Waals surface area contributed by atoms with Crippen molar-refractivity contribution in [2.24, 2.45) is 0 Å². The van der Waals surface area contributed by atoms with Gasteiger partial charge in [0.05, 0.1) is 27.0 Å². The predicted octanol–water partition coefficient (Wildman–Crippen LogP) is 6.84. The normalized spacial score (nSPS) is 13.2. The van der Waals surface area contributed by atoms with Gasteiger partial charge in [-0.2, -0.15) is 0 Å². The predicted molar refractivity (Wildman–Crippen MR) is 112 cm³/mol. The molecule has 0 spiro atoms. The van der Waals surface area contributed by atoms with E-state index in [1.54, 1.807) is 32.4 Å². The fourth-order valence-electron chi connectivity index (χ4n) is 2.80. The molecule has 1 atom stereocenters. The van der Waals surface area contributed by atoms with Gasteiger partial charge in [-0.15, -0.1) is 0 Å². The molecule has 0 bridgehead atoms. The molecule has 1 aromatic carbocycles. The van der Waals surface area contributed by atoms with Gasteiger partial charge in [-0.25, -0.2) is 4.57 Å². The van der Waals surface area contributed by atoms with Crippen LogP contribution >= 0.6 is 7.60 Å². The molecule has 0 saturated heterocycles. The highest BCUT2D eigenvalue weighted by molar-refractivity contribution is 7.54. The summed E-state index contributed by atoms with van der Waals surface area (Å²) in [5.41, 5.74) is 0. The summed E-state index contributed by atoms with van der Waals surface area (Å²) < 4.78 is 35.7. The Labute approximate surface area is 165 Å². The fourth-order valence-corrected chi connectivity index (χ4v) is 4.64. The topological polar surface area (TPSA) is 54.0 Å². The molecule has 1 aromatic rings. The number of para-hydroxylation sites is 1. The van der Waals surface area contributed by atoms with Crippen molar-refractivity contribution in [3.63, 3.8) is 0 Å². The Morgan fingerprint density at radius 2 is 1.37 bits per heavy atom. The van der Waals surface area contributed by atoms with Gasteiger partial charge < -0.3 is 14.0 Å². The minimum atomic E-state index is -3.26. The lowest BCUT2D eigenvalue weighted by Gasteiger charge is -2.22. The molecule has 0 aromatic heterocycles. The third-order valence-electron chi connectivity index (χ3n) is 4.43. The smallest absolute Gasteiger partial charge is 0.379 e. The van der Waals surface area contributed by atoms with Crippen molar-refractivity contribution in [1.82, 2.24) is 0 Å². The van der Waals surface area contributed by atoms with Gasteiger partial charge in [0.15, 0.2) is 11.5 Å². The van der Waals surface area contributed by atoms with Gasteiger partial charge in [0, 0.05) is 0 Å². The average Bonchev–Trinajstić information content (AvgIpc) is 2.68. The Hall–Kier alpha value is -1.19. The molecule has 0 N–H and O–H groups in total. The van der Waals surface area contributed by atoms with Crippen LogP contribution in [-0.4, -0.2) is 27.0 Å². The van der Waals surface area contributed by atoms with E-state index >= 15 is 0 Å². The Bertz CT molecular complexity index is 539. The standard InChI is InChI=1S/C21H37O5P/c1-5-7-9-10-11-12-13-17-25-27(22,18-8-6-2)26-21-19(23-3)15-14-16-20(21)24-4/h14-16H,5-13,17-18H2,1-4H3. The minimum Gasteiger partial charge on any atom is -0.493 e. The molecule has 1 rings (SSSR count). The van der Waals surface area contributed by atoms with Gasteiger partial charge in [0.25, 0.3) is 0 Å². The van der Waals surface area contributed by atoms with Crippen LogP contribution in [0.4, 0.5) is 0 Å². The van der Waals surface area contributed by atoms with Gasteiger partial charge in [0.1, 0.15) is 0 Å². The summed E-state index contributed by atoms with van der Waals surface area (Å²) in [6, 6.07) is 5.33.